The van der Waals surface area contributed by atoms with Crippen molar-refractivity contribution in [3.05, 3.63) is 12.7 Å². The van der Waals surface area contributed by atoms with Gasteiger partial charge in [-0.15, -0.1) is 0 Å². The van der Waals surface area contributed by atoms with Crippen molar-refractivity contribution in [3.8, 4) is 0 Å². The third-order valence-corrected chi connectivity index (χ3v) is 2.42. The molecule has 0 saturated carbocycles. The summed E-state index contributed by atoms with van der Waals surface area (Å²) < 4.78 is 5.00. The lowest BCUT2D eigenvalue weighted by atomic mass is 9.77. The molecule has 1 saturated heterocycles. The fourth-order valence-electron chi connectivity index (χ4n) is 1.30. The molecule has 0 aromatic carbocycles. The van der Waals surface area contributed by atoms with Crippen molar-refractivity contribution in [1.82, 2.24) is 0 Å². The first kappa shape index (κ1) is 9.26. The number of hydrogen-bond donors (Lipinski definition) is 1. The fraction of sp³-hybridized carbons (Fsp3) is 0.667. The van der Waals surface area contributed by atoms with E-state index in [0.717, 1.165) is 0 Å². The first-order valence-corrected chi connectivity index (χ1v) is 3.98. The zero-order valence-corrected chi connectivity index (χ0v) is 7.41. The van der Waals surface area contributed by atoms with Crippen LogP contribution < -0.4 is 0 Å². The highest BCUT2D eigenvalue weighted by molar-refractivity contribution is 5.71. The lowest BCUT2D eigenvalue weighted by Crippen LogP contribution is -2.47. The molecule has 3 heteroatoms. The number of carbonyl (C=O) groups excluding carboxylic acids is 1. The summed E-state index contributed by atoms with van der Waals surface area (Å²) in [7, 11) is 0. The second-order valence-corrected chi connectivity index (χ2v) is 3.69. The summed E-state index contributed by atoms with van der Waals surface area (Å²) in [6.45, 7) is 7.28. The van der Waals surface area contributed by atoms with Gasteiger partial charge in [-0.2, -0.15) is 0 Å². The van der Waals surface area contributed by atoms with Crippen LogP contribution in [-0.2, 0) is 9.53 Å². The minimum atomic E-state index is -0.637. The Balaban J connectivity index is 2.84. The zero-order chi connectivity index (χ0) is 9.35. The van der Waals surface area contributed by atoms with E-state index in [2.05, 4.69) is 6.58 Å². The topological polar surface area (TPSA) is 46.5 Å². The predicted molar refractivity (Wildman–Crippen MR) is 44.5 cm³/mol. The van der Waals surface area contributed by atoms with Crippen LogP contribution in [0.4, 0.5) is 0 Å². The number of hydrogen-bond acceptors (Lipinski definition) is 3. The zero-order valence-electron chi connectivity index (χ0n) is 7.41. The van der Waals surface area contributed by atoms with Crippen LogP contribution in [0, 0.1) is 5.41 Å². The molecule has 0 spiro atoms. The van der Waals surface area contributed by atoms with Gasteiger partial charge in [0.1, 0.15) is 6.10 Å². The monoisotopic (exact) mass is 170 g/mol. The molecule has 12 heavy (non-hydrogen) atoms. The van der Waals surface area contributed by atoms with Crippen molar-refractivity contribution in [2.45, 2.75) is 32.5 Å². The standard InChI is InChI=1S/C9H14O3/c1-4-7-9(2,3)6(10)5-8(11)12-7/h4,6-7,10H,1,5H2,2-3H3. The van der Waals surface area contributed by atoms with Crippen molar-refractivity contribution in [1.29, 1.82) is 0 Å². The van der Waals surface area contributed by atoms with Crippen LogP contribution in [0.15, 0.2) is 12.7 Å². The summed E-state index contributed by atoms with van der Waals surface area (Å²) in [4.78, 5) is 10.9. The van der Waals surface area contributed by atoms with E-state index in [1.165, 1.54) is 0 Å². The molecule has 68 valence electrons. The lowest BCUT2D eigenvalue weighted by Gasteiger charge is -2.39. The molecule has 2 atom stereocenters. The van der Waals surface area contributed by atoms with Crippen LogP contribution in [0.2, 0.25) is 0 Å². The van der Waals surface area contributed by atoms with Crippen LogP contribution in [0.5, 0.6) is 0 Å². The van der Waals surface area contributed by atoms with E-state index in [9.17, 15) is 9.90 Å². The maximum Gasteiger partial charge on any atom is 0.309 e. The Kier molecular flexibility index (Phi) is 2.24. The van der Waals surface area contributed by atoms with E-state index >= 15 is 0 Å². The van der Waals surface area contributed by atoms with E-state index in [1.807, 2.05) is 13.8 Å². The van der Waals surface area contributed by atoms with Crippen molar-refractivity contribution >= 4 is 5.97 Å². The molecule has 3 nitrogen and oxygen atoms in total. The predicted octanol–water partition coefficient (Wildman–Crippen LogP) is 0.875. The second-order valence-electron chi connectivity index (χ2n) is 3.69. The van der Waals surface area contributed by atoms with E-state index in [0.29, 0.717) is 0 Å². The molecule has 0 radical (unpaired) electrons. The van der Waals surface area contributed by atoms with Gasteiger partial charge in [-0.05, 0) is 0 Å². The van der Waals surface area contributed by atoms with Crippen LogP contribution in [-0.4, -0.2) is 23.3 Å². The first-order chi connectivity index (χ1) is 5.48. The summed E-state index contributed by atoms with van der Waals surface area (Å²) in [5, 5.41) is 9.56. The number of cyclic esters (lactones) is 1. The van der Waals surface area contributed by atoms with E-state index in [4.69, 9.17) is 4.74 Å². The molecule has 2 unspecified atom stereocenters. The summed E-state index contributed by atoms with van der Waals surface area (Å²) >= 11 is 0. The average molecular weight is 170 g/mol. The molecule has 1 aliphatic heterocycles. The Bertz CT molecular complexity index is 208. The third kappa shape index (κ3) is 1.37. The largest absolute Gasteiger partial charge is 0.457 e. The molecule has 0 aromatic rings. The van der Waals surface area contributed by atoms with E-state index < -0.39 is 11.5 Å². The Morgan fingerprint density at radius 2 is 2.33 bits per heavy atom. The number of rotatable bonds is 1. The van der Waals surface area contributed by atoms with E-state index in [-0.39, 0.29) is 18.5 Å². The summed E-state index contributed by atoms with van der Waals surface area (Å²) in [5.74, 6) is -0.355. The van der Waals surface area contributed by atoms with Gasteiger partial charge < -0.3 is 9.84 Å². The number of esters is 1. The van der Waals surface area contributed by atoms with Crippen LogP contribution in [0.3, 0.4) is 0 Å². The molecular formula is C9H14O3. The smallest absolute Gasteiger partial charge is 0.309 e. The highest BCUT2D eigenvalue weighted by Crippen LogP contribution is 2.34. The maximum absolute atomic E-state index is 10.9. The van der Waals surface area contributed by atoms with Gasteiger partial charge in [0.25, 0.3) is 0 Å². The molecule has 0 bridgehead atoms. The van der Waals surface area contributed by atoms with E-state index in [1.54, 1.807) is 6.08 Å². The molecule has 0 amide bonds. The van der Waals surface area contributed by atoms with Crippen LogP contribution in [0.1, 0.15) is 20.3 Å². The quantitative estimate of drug-likeness (QED) is 0.469. The second kappa shape index (κ2) is 2.90. The molecule has 1 heterocycles. The molecule has 0 aromatic heterocycles. The highest BCUT2D eigenvalue weighted by Gasteiger charge is 2.42. The summed E-state index contributed by atoms with van der Waals surface area (Å²) in [6.07, 6.45) is 0.618. The number of ether oxygens (including phenoxy) is 1. The van der Waals surface area contributed by atoms with Gasteiger partial charge in [0.15, 0.2) is 0 Å². The Labute approximate surface area is 72.0 Å². The molecule has 1 aliphatic rings. The summed E-state index contributed by atoms with van der Waals surface area (Å²) in [6, 6.07) is 0. The molecule has 1 N–H and O–H groups in total. The highest BCUT2D eigenvalue weighted by atomic mass is 16.5. The Hall–Kier alpha value is -0.830. The maximum atomic E-state index is 10.9. The first-order valence-electron chi connectivity index (χ1n) is 3.98. The Morgan fingerprint density at radius 3 is 2.83 bits per heavy atom. The minimum absolute atomic E-state index is 0.0807. The van der Waals surface area contributed by atoms with Gasteiger partial charge >= 0.3 is 5.97 Å². The number of aliphatic hydroxyl groups is 1. The normalized spacial score (nSPS) is 34.1. The van der Waals surface area contributed by atoms with Crippen molar-refractivity contribution in [2.24, 2.45) is 5.41 Å². The molecule has 1 fully saturated rings. The van der Waals surface area contributed by atoms with Gasteiger partial charge in [0.2, 0.25) is 0 Å². The van der Waals surface area contributed by atoms with Crippen molar-refractivity contribution in [3.63, 3.8) is 0 Å². The molecule has 1 rings (SSSR count). The number of aliphatic hydroxyl groups excluding tert-OH is 1. The minimum Gasteiger partial charge on any atom is -0.457 e. The van der Waals surface area contributed by atoms with Gasteiger partial charge in [0, 0.05) is 5.41 Å². The van der Waals surface area contributed by atoms with Crippen LogP contribution in [0.25, 0.3) is 0 Å². The number of carbonyl (C=O) groups is 1. The van der Waals surface area contributed by atoms with Gasteiger partial charge in [-0.3, -0.25) is 4.79 Å². The van der Waals surface area contributed by atoms with Crippen molar-refractivity contribution in [2.75, 3.05) is 0 Å². The summed E-state index contributed by atoms with van der Waals surface area (Å²) in [5.41, 5.74) is -0.421. The lowest BCUT2D eigenvalue weighted by molar-refractivity contribution is -0.173. The third-order valence-electron chi connectivity index (χ3n) is 2.42. The van der Waals surface area contributed by atoms with Gasteiger partial charge in [0.05, 0.1) is 12.5 Å². The van der Waals surface area contributed by atoms with Crippen molar-refractivity contribution < 1.29 is 14.6 Å². The average Bonchev–Trinajstić information content (AvgIpc) is 1.97. The van der Waals surface area contributed by atoms with Crippen LogP contribution >= 0.6 is 0 Å². The SMILES string of the molecule is C=CC1OC(=O)CC(O)C1(C)C. The fourth-order valence-corrected chi connectivity index (χ4v) is 1.30. The Morgan fingerprint density at radius 1 is 1.75 bits per heavy atom. The molecular weight excluding hydrogens is 156 g/mol. The van der Waals surface area contributed by atoms with Gasteiger partial charge in [-0.25, -0.2) is 0 Å². The van der Waals surface area contributed by atoms with Gasteiger partial charge in [-0.1, -0.05) is 26.5 Å². The molecule has 0 aliphatic carbocycles.